The van der Waals surface area contributed by atoms with Gasteiger partial charge in [-0.15, -0.1) is 0 Å². The van der Waals surface area contributed by atoms with E-state index in [-0.39, 0.29) is 22.3 Å². The Morgan fingerprint density at radius 3 is 1.12 bits per heavy atom. The zero-order chi connectivity index (χ0) is 24.4. The van der Waals surface area contributed by atoms with Gasteiger partial charge in [0.2, 0.25) is 5.78 Å². The third kappa shape index (κ3) is 4.24. The molecule has 0 heterocycles. The van der Waals surface area contributed by atoms with Crippen LogP contribution in [0.15, 0.2) is 84.9 Å². The van der Waals surface area contributed by atoms with Crippen LogP contribution >= 0.6 is 0 Å². The van der Waals surface area contributed by atoms with Gasteiger partial charge in [0.1, 0.15) is 11.5 Å². The van der Waals surface area contributed by atoms with E-state index in [1.54, 1.807) is 74.5 Å². The molecule has 0 atom stereocenters. The average Bonchev–Trinajstić information content (AvgIpc) is 2.86. The van der Waals surface area contributed by atoms with Crippen LogP contribution in [0.5, 0.6) is 11.5 Å². The molecule has 2 N–H and O–H groups in total. The van der Waals surface area contributed by atoms with Crippen molar-refractivity contribution in [1.29, 1.82) is 0 Å². The molecule has 5 nitrogen and oxygen atoms in total. The number of aromatic hydroxyl groups is 2. The Bertz CT molecular complexity index is 1310. The van der Waals surface area contributed by atoms with Crippen molar-refractivity contribution in [3.05, 3.63) is 129 Å². The molecule has 0 amide bonds. The zero-order valence-corrected chi connectivity index (χ0v) is 18.7. The molecule has 0 saturated carbocycles. The number of hydrogen-bond acceptors (Lipinski definition) is 5. The van der Waals surface area contributed by atoms with Gasteiger partial charge >= 0.3 is 0 Å². The number of ketones is 3. The van der Waals surface area contributed by atoms with Gasteiger partial charge in [0.05, 0.1) is 22.3 Å². The summed E-state index contributed by atoms with van der Waals surface area (Å²) in [6.45, 7) is 3.41. The van der Waals surface area contributed by atoms with Crippen LogP contribution in [0.4, 0.5) is 0 Å². The smallest absolute Gasteiger partial charge is 0.200 e. The van der Waals surface area contributed by atoms with Crippen LogP contribution < -0.4 is 0 Å². The number of hydrogen-bond donors (Lipinski definition) is 2. The minimum atomic E-state index is -0.688. The van der Waals surface area contributed by atoms with Crippen molar-refractivity contribution in [2.45, 2.75) is 13.8 Å². The predicted molar refractivity (Wildman–Crippen MR) is 129 cm³/mol. The molecule has 34 heavy (non-hydrogen) atoms. The first-order chi connectivity index (χ1) is 16.3. The third-order valence-electron chi connectivity index (χ3n) is 5.56. The van der Waals surface area contributed by atoms with Gasteiger partial charge in [-0.2, -0.15) is 0 Å². The van der Waals surface area contributed by atoms with Gasteiger partial charge in [-0.25, -0.2) is 0 Å². The van der Waals surface area contributed by atoms with Crippen LogP contribution in [-0.4, -0.2) is 27.6 Å². The lowest BCUT2D eigenvalue weighted by molar-refractivity contribution is 0.102. The van der Waals surface area contributed by atoms with E-state index < -0.39 is 28.8 Å². The van der Waals surface area contributed by atoms with E-state index in [2.05, 4.69) is 0 Å². The fraction of sp³-hybridized carbons (Fsp3) is 0.0690. The van der Waals surface area contributed by atoms with E-state index in [1.807, 2.05) is 0 Å². The Balaban J connectivity index is 1.81. The maximum absolute atomic E-state index is 13.5. The van der Waals surface area contributed by atoms with E-state index in [4.69, 9.17) is 0 Å². The molecule has 0 bridgehead atoms. The highest BCUT2D eigenvalue weighted by atomic mass is 16.3. The molecule has 0 radical (unpaired) electrons. The predicted octanol–water partition coefficient (Wildman–Crippen LogP) is 5.41. The largest absolute Gasteiger partial charge is 0.506 e. The fourth-order valence-corrected chi connectivity index (χ4v) is 3.89. The number of aryl methyl sites for hydroxylation is 2. The SMILES string of the molecule is Cc1cc(C(=O)c2ccccc2)c(O)c(C(=O)c2cc(C)cc(C(=O)c3ccccc3)c2O)c1. The number of carbonyl (C=O) groups is 3. The molecule has 5 heteroatoms. The number of carbonyl (C=O) groups excluding carboxylic acids is 3. The average molecular weight is 450 g/mol. The van der Waals surface area contributed by atoms with Crippen molar-refractivity contribution < 1.29 is 24.6 Å². The normalized spacial score (nSPS) is 10.6. The summed E-state index contributed by atoms with van der Waals surface area (Å²) in [5, 5.41) is 21.8. The molecule has 0 unspecified atom stereocenters. The number of phenolic OH excluding ortho intramolecular Hbond substituents is 2. The van der Waals surface area contributed by atoms with E-state index in [0.29, 0.717) is 22.3 Å². The van der Waals surface area contributed by atoms with Crippen LogP contribution in [-0.2, 0) is 0 Å². The lowest BCUT2D eigenvalue weighted by Gasteiger charge is -2.14. The lowest BCUT2D eigenvalue weighted by Crippen LogP contribution is -2.10. The molecule has 0 saturated heterocycles. The topological polar surface area (TPSA) is 91.7 Å². The first-order valence-corrected chi connectivity index (χ1v) is 10.7. The van der Waals surface area contributed by atoms with Crippen LogP contribution in [0.3, 0.4) is 0 Å². The van der Waals surface area contributed by atoms with E-state index >= 15 is 0 Å². The minimum Gasteiger partial charge on any atom is -0.506 e. The minimum absolute atomic E-state index is 0.0118. The number of phenols is 2. The summed E-state index contributed by atoms with van der Waals surface area (Å²) in [6, 6.07) is 22.8. The van der Waals surface area contributed by atoms with E-state index in [1.165, 1.54) is 24.3 Å². The summed E-state index contributed by atoms with van der Waals surface area (Å²) in [4.78, 5) is 39.4. The standard InChI is InChI=1S/C29H22O5/c1-17-13-21(25(30)19-9-5-3-6-10-19)27(32)23(15-17)29(34)24-16-18(2)14-22(28(24)33)26(31)20-11-7-4-8-12-20/h3-16,32-33H,1-2H3. The van der Waals surface area contributed by atoms with Crippen molar-refractivity contribution in [1.82, 2.24) is 0 Å². The van der Waals surface area contributed by atoms with Crippen molar-refractivity contribution in [2.75, 3.05) is 0 Å². The van der Waals surface area contributed by atoms with Gasteiger partial charge in [-0.05, 0) is 49.2 Å². The molecule has 0 fully saturated rings. The summed E-state index contributed by atoms with van der Waals surface area (Å²) in [6.07, 6.45) is 0. The molecule has 0 aliphatic heterocycles. The van der Waals surface area contributed by atoms with Gasteiger partial charge in [0.25, 0.3) is 0 Å². The van der Waals surface area contributed by atoms with Crippen molar-refractivity contribution >= 4 is 17.3 Å². The first-order valence-electron chi connectivity index (χ1n) is 10.7. The summed E-state index contributed by atoms with van der Waals surface area (Å²) >= 11 is 0. The van der Waals surface area contributed by atoms with Crippen LogP contribution in [0.2, 0.25) is 0 Å². The molecular formula is C29H22O5. The highest BCUT2D eigenvalue weighted by Gasteiger charge is 2.26. The second kappa shape index (κ2) is 9.16. The van der Waals surface area contributed by atoms with Gasteiger partial charge < -0.3 is 10.2 Å². The molecular weight excluding hydrogens is 428 g/mol. The second-order valence-corrected chi connectivity index (χ2v) is 8.14. The fourth-order valence-electron chi connectivity index (χ4n) is 3.89. The van der Waals surface area contributed by atoms with Gasteiger partial charge in [-0.1, -0.05) is 60.7 Å². The molecule has 0 aliphatic carbocycles. The Morgan fingerprint density at radius 2 is 0.794 bits per heavy atom. The summed E-state index contributed by atoms with van der Waals surface area (Å²) in [5.74, 6) is -2.48. The Morgan fingerprint density at radius 1 is 0.500 bits per heavy atom. The summed E-state index contributed by atoms with van der Waals surface area (Å²) in [7, 11) is 0. The number of rotatable bonds is 6. The summed E-state index contributed by atoms with van der Waals surface area (Å²) in [5.41, 5.74) is 1.65. The second-order valence-electron chi connectivity index (χ2n) is 8.14. The van der Waals surface area contributed by atoms with Crippen molar-refractivity contribution in [3.63, 3.8) is 0 Å². The molecule has 0 aliphatic rings. The molecule has 168 valence electrons. The lowest BCUT2D eigenvalue weighted by atomic mass is 9.91. The number of benzene rings is 4. The molecule has 0 spiro atoms. The monoisotopic (exact) mass is 450 g/mol. The van der Waals surface area contributed by atoms with Gasteiger partial charge in [0, 0.05) is 11.1 Å². The maximum atomic E-state index is 13.5. The molecule has 4 aromatic rings. The van der Waals surface area contributed by atoms with Crippen molar-refractivity contribution in [2.24, 2.45) is 0 Å². The Kier molecular flexibility index (Phi) is 6.11. The quantitative estimate of drug-likeness (QED) is 0.384. The van der Waals surface area contributed by atoms with Crippen LogP contribution in [0.25, 0.3) is 0 Å². The summed E-state index contributed by atoms with van der Waals surface area (Å²) < 4.78 is 0. The van der Waals surface area contributed by atoms with Gasteiger partial charge in [-0.3, -0.25) is 14.4 Å². The van der Waals surface area contributed by atoms with Crippen LogP contribution in [0, 0.1) is 13.8 Å². The Labute approximate surface area is 197 Å². The molecule has 4 rings (SSSR count). The zero-order valence-electron chi connectivity index (χ0n) is 18.7. The maximum Gasteiger partial charge on any atom is 0.200 e. The molecule has 4 aromatic carbocycles. The van der Waals surface area contributed by atoms with Gasteiger partial charge in [0.15, 0.2) is 11.6 Å². The van der Waals surface area contributed by atoms with E-state index in [0.717, 1.165) is 0 Å². The Hall–Kier alpha value is -4.51. The third-order valence-corrected chi connectivity index (χ3v) is 5.56. The first kappa shape index (κ1) is 22.7. The van der Waals surface area contributed by atoms with Crippen molar-refractivity contribution in [3.8, 4) is 11.5 Å². The van der Waals surface area contributed by atoms with Crippen LogP contribution in [0.1, 0.15) is 58.9 Å². The highest BCUT2D eigenvalue weighted by Crippen LogP contribution is 2.33. The van der Waals surface area contributed by atoms with E-state index in [9.17, 15) is 24.6 Å². The highest BCUT2D eigenvalue weighted by molar-refractivity contribution is 6.19. The molecule has 0 aromatic heterocycles.